The fourth-order valence-electron chi connectivity index (χ4n) is 4.95. The predicted octanol–water partition coefficient (Wildman–Crippen LogP) is 6.36. The lowest BCUT2D eigenvalue weighted by atomic mass is 10.1. The molecule has 0 N–H and O–H groups in total. The Morgan fingerprint density at radius 3 is 2.51 bits per heavy atom. The van der Waals surface area contributed by atoms with Gasteiger partial charge < -0.3 is 14.2 Å². The van der Waals surface area contributed by atoms with E-state index in [1.165, 1.54) is 10.5 Å². The van der Waals surface area contributed by atoms with E-state index >= 15 is 0 Å². The maximum atomic E-state index is 13.1. The van der Waals surface area contributed by atoms with Crippen LogP contribution in [-0.2, 0) is 16.0 Å². The number of carbonyl (C=O) groups is 2. The zero-order chi connectivity index (χ0) is 25.9. The van der Waals surface area contributed by atoms with E-state index < -0.39 is 0 Å². The molecular weight excluding hydrogens is 550 g/mol. The summed E-state index contributed by atoms with van der Waals surface area (Å²) in [4.78, 5) is 29.9. The first-order chi connectivity index (χ1) is 17.9. The molecule has 2 amide bonds. The second-order valence-corrected chi connectivity index (χ2v) is 11.2. The monoisotopic (exact) mass is 579 g/mol. The van der Waals surface area contributed by atoms with Gasteiger partial charge in [-0.15, -0.1) is 0 Å². The van der Waals surface area contributed by atoms with E-state index in [2.05, 4.69) is 68.7 Å². The minimum absolute atomic E-state index is 0.194. The van der Waals surface area contributed by atoms with E-state index in [-0.39, 0.29) is 11.1 Å². The van der Waals surface area contributed by atoms with Crippen molar-refractivity contribution in [3.8, 4) is 5.69 Å². The number of rotatable bonds is 7. The Labute approximate surface area is 230 Å². The van der Waals surface area contributed by atoms with Crippen LogP contribution < -0.4 is 4.90 Å². The Balaban J connectivity index is 1.32. The third-order valence-electron chi connectivity index (χ3n) is 6.86. The second kappa shape index (κ2) is 11.3. The molecule has 2 fully saturated rings. The molecule has 2 aromatic carbocycles. The molecule has 2 saturated heterocycles. The molecule has 2 aliphatic heterocycles. The summed E-state index contributed by atoms with van der Waals surface area (Å²) in [6, 6.07) is 18.6. The van der Waals surface area contributed by atoms with Gasteiger partial charge in [0.2, 0.25) is 0 Å². The average molecular weight is 581 g/mol. The van der Waals surface area contributed by atoms with Gasteiger partial charge in [-0.3, -0.25) is 14.5 Å². The molecule has 0 radical (unpaired) electrons. The van der Waals surface area contributed by atoms with Crippen molar-refractivity contribution < 1.29 is 14.3 Å². The Morgan fingerprint density at radius 1 is 1.03 bits per heavy atom. The SMILES string of the molecule is Cc1cc(/C=C2\SC(=O)N(CCCc3ccccc3)C2=O)c(C)n1-c1ccc(N2CCOCC2)c(Br)c1. The van der Waals surface area contributed by atoms with Crippen molar-refractivity contribution in [3.63, 3.8) is 0 Å². The van der Waals surface area contributed by atoms with E-state index in [0.717, 1.165) is 83.7 Å². The number of anilines is 1. The predicted molar refractivity (Wildman–Crippen MR) is 153 cm³/mol. The number of carbonyl (C=O) groups excluding carboxylic acids is 2. The van der Waals surface area contributed by atoms with E-state index in [9.17, 15) is 9.59 Å². The molecule has 37 heavy (non-hydrogen) atoms. The number of ether oxygens (including phenoxy) is 1. The molecule has 0 saturated carbocycles. The van der Waals surface area contributed by atoms with Crippen LogP contribution in [0.2, 0.25) is 0 Å². The number of benzene rings is 2. The highest BCUT2D eigenvalue weighted by Gasteiger charge is 2.34. The number of amides is 2. The van der Waals surface area contributed by atoms with Crippen LogP contribution in [0, 0.1) is 13.8 Å². The largest absolute Gasteiger partial charge is 0.378 e. The number of nitrogens with zero attached hydrogens (tertiary/aromatic N) is 3. The van der Waals surface area contributed by atoms with Crippen molar-refractivity contribution in [2.75, 3.05) is 37.7 Å². The second-order valence-electron chi connectivity index (χ2n) is 9.32. The molecular formula is C29H30BrN3O3S. The quantitative estimate of drug-likeness (QED) is 0.305. The van der Waals surface area contributed by atoms with Crippen LogP contribution in [0.4, 0.5) is 10.5 Å². The zero-order valence-electron chi connectivity index (χ0n) is 21.1. The van der Waals surface area contributed by atoms with E-state index in [1.807, 2.05) is 31.2 Å². The molecule has 5 rings (SSSR count). The summed E-state index contributed by atoms with van der Waals surface area (Å²) < 4.78 is 8.71. The normalized spacial score (nSPS) is 17.3. The first-order valence-electron chi connectivity index (χ1n) is 12.5. The molecule has 3 heterocycles. The maximum absolute atomic E-state index is 13.1. The number of morpholine rings is 1. The van der Waals surface area contributed by atoms with Gasteiger partial charge in [-0.25, -0.2) is 0 Å². The Bertz CT molecular complexity index is 1350. The molecule has 0 spiro atoms. The Kier molecular flexibility index (Phi) is 7.88. The van der Waals surface area contributed by atoms with Crippen LogP contribution in [0.25, 0.3) is 11.8 Å². The van der Waals surface area contributed by atoms with Crippen molar-refractivity contribution in [2.45, 2.75) is 26.7 Å². The van der Waals surface area contributed by atoms with Gasteiger partial charge in [-0.2, -0.15) is 0 Å². The topological polar surface area (TPSA) is 54.8 Å². The molecule has 0 bridgehead atoms. The van der Waals surface area contributed by atoms with Crippen LogP contribution >= 0.6 is 27.7 Å². The number of aryl methyl sites for hydroxylation is 2. The molecule has 1 aromatic heterocycles. The Morgan fingerprint density at radius 2 is 1.78 bits per heavy atom. The molecule has 8 heteroatoms. The molecule has 192 valence electrons. The molecule has 3 aromatic rings. The van der Waals surface area contributed by atoms with E-state index in [4.69, 9.17) is 4.74 Å². The van der Waals surface area contributed by atoms with Crippen LogP contribution in [-0.4, -0.2) is 53.5 Å². The number of halogens is 1. The molecule has 0 unspecified atom stereocenters. The fraction of sp³-hybridized carbons (Fsp3) is 0.310. The van der Waals surface area contributed by atoms with Gasteiger partial charge in [-0.05, 0) is 95.8 Å². The highest BCUT2D eigenvalue weighted by Crippen LogP contribution is 2.35. The minimum Gasteiger partial charge on any atom is -0.378 e. The van der Waals surface area contributed by atoms with Crippen molar-refractivity contribution in [1.29, 1.82) is 0 Å². The summed E-state index contributed by atoms with van der Waals surface area (Å²) in [7, 11) is 0. The van der Waals surface area contributed by atoms with Crippen LogP contribution in [0.3, 0.4) is 0 Å². The third-order valence-corrected chi connectivity index (χ3v) is 8.40. The van der Waals surface area contributed by atoms with Gasteiger partial charge in [0.1, 0.15) is 0 Å². The van der Waals surface area contributed by atoms with Gasteiger partial charge >= 0.3 is 0 Å². The lowest BCUT2D eigenvalue weighted by Gasteiger charge is -2.30. The Hall–Kier alpha value is -2.81. The van der Waals surface area contributed by atoms with Crippen molar-refractivity contribution >= 4 is 50.6 Å². The van der Waals surface area contributed by atoms with Crippen molar-refractivity contribution in [3.05, 3.63) is 86.5 Å². The third kappa shape index (κ3) is 5.56. The molecule has 0 aliphatic carbocycles. The molecule has 0 atom stereocenters. The van der Waals surface area contributed by atoms with Crippen LogP contribution in [0.1, 0.15) is 28.9 Å². The molecule has 6 nitrogen and oxygen atoms in total. The summed E-state index contributed by atoms with van der Waals surface area (Å²) in [6.07, 6.45) is 3.44. The van der Waals surface area contributed by atoms with Gasteiger partial charge in [-0.1, -0.05) is 30.3 Å². The average Bonchev–Trinajstić information content (AvgIpc) is 3.33. The summed E-state index contributed by atoms with van der Waals surface area (Å²) in [5.41, 5.74) is 6.46. The number of hydrogen-bond donors (Lipinski definition) is 0. The van der Waals surface area contributed by atoms with Crippen molar-refractivity contribution in [1.82, 2.24) is 9.47 Å². The highest BCUT2D eigenvalue weighted by atomic mass is 79.9. The van der Waals surface area contributed by atoms with Gasteiger partial charge in [0.25, 0.3) is 11.1 Å². The van der Waals surface area contributed by atoms with Crippen LogP contribution in [0.15, 0.2) is 64.0 Å². The first kappa shape index (κ1) is 25.8. The van der Waals surface area contributed by atoms with Gasteiger partial charge in [0.15, 0.2) is 0 Å². The van der Waals surface area contributed by atoms with E-state index in [0.29, 0.717) is 11.4 Å². The van der Waals surface area contributed by atoms with Gasteiger partial charge in [0.05, 0.1) is 23.8 Å². The summed E-state index contributed by atoms with van der Waals surface area (Å²) in [6.45, 7) is 7.78. The molecule has 2 aliphatic rings. The standard InChI is InChI=1S/C29H30BrN3O3S/c1-20-17-23(18-27-28(34)32(29(35)37-27)12-6-9-22-7-4-3-5-8-22)21(2)33(20)24-10-11-26(25(30)19-24)31-13-15-36-16-14-31/h3-5,7-8,10-11,17-19H,6,9,12-16H2,1-2H3/b27-18-. The lowest BCUT2D eigenvalue weighted by molar-refractivity contribution is -0.122. The van der Waals surface area contributed by atoms with Gasteiger partial charge in [0, 0.05) is 41.2 Å². The summed E-state index contributed by atoms with van der Waals surface area (Å²) in [5, 5.41) is -0.194. The summed E-state index contributed by atoms with van der Waals surface area (Å²) >= 11 is 4.79. The maximum Gasteiger partial charge on any atom is 0.293 e. The smallest absolute Gasteiger partial charge is 0.293 e. The zero-order valence-corrected chi connectivity index (χ0v) is 23.5. The first-order valence-corrected chi connectivity index (χ1v) is 14.1. The van der Waals surface area contributed by atoms with Crippen LogP contribution in [0.5, 0.6) is 0 Å². The number of hydrogen-bond acceptors (Lipinski definition) is 5. The number of thioether (sulfide) groups is 1. The minimum atomic E-state index is -0.203. The highest BCUT2D eigenvalue weighted by molar-refractivity contribution is 9.10. The summed E-state index contributed by atoms with van der Waals surface area (Å²) in [5.74, 6) is -0.203. The lowest BCUT2D eigenvalue weighted by Crippen LogP contribution is -2.36. The fourth-order valence-corrected chi connectivity index (χ4v) is 6.42. The van der Waals surface area contributed by atoms with Crippen molar-refractivity contribution in [2.24, 2.45) is 0 Å². The number of imide groups is 1. The number of aromatic nitrogens is 1. The van der Waals surface area contributed by atoms with E-state index in [1.54, 1.807) is 0 Å².